The largest absolute Gasteiger partial charge is 0.350 e. The summed E-state index contributed by atoms with van der Waals surface area (Å²) >= 11 is 5.94. The van der Waals surface area contributed by atoms with Gasteiger partial charge in [0.1, 0.15) is 0 Å². The Bertz CT molecular complexity index is 599. The summed E-state index contributed by atoms with van der Waals surface area (Å²) in [7, 11) is 0. The highest BCUT2D eigenvalue weighted by molar-refractivity contribution is 6.31. The molecule has 1 unspecified atom stereocenters. The van der Waals surface area contributed by atoms with Crippen LogP contribution in [0, 0.1) is 6.92 Å². The Morgan fingerprint density at radius 3 is 2.60 bits per heavy atom. The lowest BCUT2D eigenvalue weighted by Gasteiger charge is -2.13. The lowest BCUT2D eigenvalue weighted by Crippen LogP contribution is -2.31. The van der Waals surface area contributed by atoms with Crippen molar-refractivity contribution in [2.75, 3.05) is 6.54 Å². The number of halogens is 1. The molecule has 0 heterocycles. The van der Waals surface area contributed by atoms with Gasteiger partial charge in [-0.25, -0.2) is 0 Å². The first kappa shape index (κ1) is 14.6. The molecule has 2 aromatic rings. The van der Waals surface area contributed by atoms with E-state index in [4.69, 9.17) is 17.3 Å². The summed E-state index contributed by atoms with van der Waals surface area (Å²) in [5, 5.41) is 3.49. The predicted molar refractivity (Wildman–Crippen MR) is 81.9 cm³/mol. The topological polar surface area (TPSA) is 55.1 Å². The molecule has 0 aromatic heterocycles. The van der Waals surface area contributed by atoms with Crippen molar-refractivity contribution >= 4 is 17.5 Å². The van der Waals surface area contributed by atoms with Gasteiger partial charge in [0.05, 0.1) is 0 Å². The second-order valence-corrected chi connectivity index (χ2v) is 5.10. The first-order valence-corrected chi connectivity index (χ1v) is 6.80. The second-order valence-electron chi connectivity index (χ2n) is 4.69. The van der Waals surface area contributed by atoms with Crippen molar-refractivity contribution < 1.29 is 4.79 Å². The van der Waals surface area contributed by atoms with Gasteiger partial charge in [-0.15, -0.1) is 0 Å². The molecule has 2 rings (SSSR count). The fraction of sp³-hybridized carbons (Fsp3) is 0.188. The monoisotopic (exact) mass is 288 g/mol. The zero-order valence-corrected chi connectivity index (χ0v) is 12.0. The van der Waals surface area contributed by atoms with E-state index >= 15 is 0 Å². The molecule has 1 atom stereocenters. The summed E-state index contributed by atoms with van der Waals surface area (Å²) in [4.78, 5) is 12.0. The lowest BCUT2D eigenvalue weighted by molar-refractivity contribution is 0.0951. The van der Waals surface area contributed by atoms with Gasteiger partial charge in [-0.2, -0.15) is 0 Å². The Morgan fingerprint density at radius 1 is 1.25 bits per heavy atom. The van der Waals surface area contributed by atoms with Crippen LogP contribution in [0.2, 0.25) is 5.02 Å². The molecule has 0 radical (unpaired) electrons. The summed E-state index contributed by atoms with van der Waals surface area (Å²) in [5.41, 5.74) is 8.51. The van der Waals surface area contributed by atoms with Crippen molar-refractivity contribution in [3.8, 4) is 0 Å². The summed E-state index contributed by atoms with van der Waals surface area (Å²) in [6.45, 7) is 2.26. The van der Waals surface area contributed by atoms with Crippen LogP contribution in [-0.2, 0) is 0 Å². The van der Waals surface area contributed by atoms with Crippen LogP contribution >= 0.6 is 11.6 Å². The number of hydrogen-bond donors (Lipinski definition) is 2. The minimum Gasteiger partial charge on any atom is -0.350 e. The molecule has 0 saturated carbocycles. The third kappa shape index (κ3) is 3.59. The molecule has 0 aliphatic carbocycles. The summed E-state index contributed by atoms with van der Waals surface area (Å²) in [6.07, 6.45) is 0. The smallest absolute Gasteiger partial charge is 0.251 e. The number of nitrogens with one attached hydrogen (secondary N) is 1. The van der Waals surface area contributed by atoms with Gasteiger partial charge in [-0.05, 0) is 36.2 Å². The number of benzene rings is 2. The Morgan fingerprint density at radius 2 is 1.95 bits per heavy atom. The van der Waals surface area contributed by atoms with Gasteiger partial charge in [0.25, 0.3) is 5.91 Å². The SMILES string of the molecule is Cc1cc(C(=O)NCC(N)c2ccccc2)ccc1Cl. The molecule has 0 aliphatic rings. The second kappa shape index (κ2) is 6.55. The Hall–Kier alpha value is -1.84. The number of aryl methyl sites for hydroxylation is 1. The minimum absolute atomic E-state index is 0.142. The van der Waals surface area contributed by atoms with Crippen molar-refractivity contribution in [1.29, 1.82) is 0 Å². The molecule has 4 heteroatoms. The van der Waals surface area contributed by atoms with Crippen molar-refractivity contribution in [2.24, 2.45) is 5.73 Å². The summed E-state index contributed by atoms with van der Waals surface area (Å²) in [5.74, 6) is -0.142. The maximum Gasteiger partial charge on any atom is 0.251 e. The molecule has 0 fully saturated rings. The zero-order valence-electron chi connectivity index (χ0n) is 11.3. The molecule has 1 amide bonds. The van der Waals surface area contributed by atoms with Crippen molar-refractivity contribution in [2.45, 2.75) is 13.0 Å². The fourth-order valence-electron chi connectivity index (χ4n) is 1.91. The van der Waals surface area contributed by atoms with Gasteiger partial charge >= 0.3 is 0 Å². The van der Waals surface area contributed by atoms with E-state index in [9.17, 15) is 4.79 Å². The van der Waals surface area contributed by atoms with Crippen LogP contribution in [0.5, 0.6) is 0 Å². The van der Waals surface area contributed by atoms with Gasteiger partial charge in [0, 0.05) is 23.2 Å². The number of nitrogens with two attached hydrogens (primary N) is 1. The standard InChI is InChI=1S/C16H17ClN2O/c1-11-9-13(7-8-14(11)17)16(20)19-10-15(18)12-5-3-2-4-6-12/h2-9,15H,10,18H2,1H3,(H,19,20). The van der Waals surface area contributed by atoms with E-state index in [1.807, 2.05) is 37.3 Å². The van der Waals surface area contributed by atoms with Crippen molar-refractivity contribution in [3.05, 3.63) is 70.2 Å². The molecule has 0 saturated heterocycles. The molecule has 0 aliphatic heterocycles. The number of amides is 1. The number of carbonyl (C=O) groups is 1. The van der Waals surface area contributed by atoms with Crippen molar-refractivity contribution in [3.63, 3.8) is 0 Å². The van der Waals surface area contributed by atoms with E-state index in [1.165, 1.54) is 0 Å². The highest BCUT2D eigenvalue weighted by atomic mass is 35.5. The molecular formula is C16H17ClN2O. The molecule has 0 bridgehead atoms. The number of carbonyl (C=O) groups excluding carboxylic acids is 1. The quantitative estimate of drug-likeness (QED) is 0.908. The average Bonchev–Trinajstić information content (AvgIpc) is 2.48. The van der Waals surface area contributed by atoms with Crippen LogP contribution in [-0.4, -0.2) is 12.5 Å². The van der Waals surface area contributed by atoms with Gasteiger partial charge in [-0.3, -0.25) is 4.79 Å². The maximum absolute atomic E-state index is 12.0. The average molecular weight is 289 g/mol. The minimum atomic E-state index is -0.214. The lowest BCUT2D eigenvalue weighted by atomic mass is 10.1. The first-order valence-electron chi connectivity index (χ1n) is 6.43. The molecule has 0 spiro atoms. The first-order chi connectivity index (χ1) is 9.58. The van der Waals surface area contributed by atoms with Crippen LogP contribution in [0.3, 0.4) is 0 Å². The third-order valence-electron chi connectivity index (χ3n) is 3.13. The predicted octanol–water partition coefficient (Wildman–Crippen LogP) is 3.08. The van der Waals surface area contributed by atoms with Crippen LogP contribution in [0.4, 0.5) is 0 Å². The van der Waals surface area contributed by atoms with Crippen LogP contribution in [0.25, 0.3) is 0 Å². The Labute approximate surface area is 123 Å². The van der Waals surface area contributed by atoms with Gasteiger partial charge in [-0.1, -0.05) is 41.9 Å². The molecular weight excluding hydrogens is 272 g/mol. The van der Waals surface area contributed by atoms with E-state index in [1.54, 1.807) is 18.2 Å². The van der Waals surface area contributed by atoms with Crippen LogP contribution in [0.1, 0.15) is 27.5 Å². The van der Waals surface area contributed by atoms with E-state index in [0.29, 0.717) is 17.1 Å². The van der Waals surface area contributed by atoms with Gasteiger partial charge < -0.3 is 11.1 Å². The number of hydrogen-bond acceptors (Lipinski definition) is 2. The Kier molecular flexibility index (Phi) is 4.77. The summed E-state index contributed by atoms with van der Waals surface area (Å²) < 4.78 is 0. The van der Waals surface area contributed by atoms with Gasteiger partial charge in [0.15, 0.2) is 0 Å². The maximum atomic E-state index is 12.0. The normalized spacial score (nSPS) is 11.9. The molecule has 2 aromatic carbocycles. The zero-order chi connectivity index (χ0) is 14.5. The molecule has 20 heavy (non-hydrogen) atoms. The van der Waals surface area contributed by atoms with Gasteiger partial charge in [0.2, 0.25) is 0 Å². The highest BCUT2D eigenvalue weighted by Crippen LogP contribution is 2.16. The summed E-state index contributed by atoms with van der Waals surface area (Å²) in [6, 6.07) is 14.7. The van der Waals surface area contributed by atoms with Crippen molar-refractivity contribution in [1.82, 2.24) is 5.32 Å². The highest BCUT2D eigenvalue weighted by Gasteiger charge is 2.10. The fourth-order valence-corrected chi connectivity index (χ4v) is 2.03. The van der Waals surface area contributed by atoms with E-state index in [0.717, 1.165) is 11.1 Å². The molecule has 3 nitrogen and oxygen atoms in total. The van der Waals surface area contributed by atoms with E-state index in [-0.39, 0.29) is 11.9 Å². The van der Waals surface area contributed by atoms with E-state index < -0.39 is 0 Å². The van der Waals surface area contributed by atoms with E-state index in [2.05, 4.69) is 5.32 Å². The van der Waals surface area contributed by atoms with Crippen LogP contribution < -0.4 is 11.1 Å². The molecule has 3 N–H and O–H groups in total. The number of rotatable bonds is 4. The Balaban J connectivity index is 1.97. The van der Waals surface area contributed by atoms with Crippen LogP contribution in [0.15, 0.2) is 48.5 Å². The third-order valence-corrected chi connectivity index (χ3v) is 3.55. The molecule has 104 valence electrons.